The number of esters is 1. The largest absolute Gasteiger partial charge is 0.479 e. The molecule has 8 heteroatoms. The molecule has 0 bridgehead atoms. The zero-order valence-electron chi connectivity index (χ0n) is 18.4. The van der Waals surface area contributed by atoms with Crippen molar-refractivity contribution in [3.8, 4) is 11.8 Å². The van der Waals surface area contributed by atoms with Gasteiger partial charge in [-0.3, -0.25) is 9.69 Å². The van der Waals surface area contributed by atoms with E-state index in [1.54, 1.807) is 40.6 Å². The average molecular weight is 462 g/mol. The third-order valence-electron chi connectivity index (χ3n) is 4.61. The lowest BCUT2D eigenvalue weighted by Crippen LogP contribution is -2.22. The fraction of sp³-hybridized carbons (Fsp3) is 0.200. The minimum Gasteiger partial charge on any atom is -0.479 e. The van der Waals surface area contributed by atoms with Gasteiger partial charge in [0.25, 0.3) is 0 Å². The summed E-state index contributed by atoms with van der Waals surface area (Å²) in [4.78, 5) is 30.3. The van der Waals surface area contributed by atoms with Crippen molar-refractivity contribution in [2.75, 3.05) is 11.5 Å². The van der Waals surface area contributed by atoms with Gasteiger partial charge in [0.15, 0.2) is 11.7 Å². The zero-order valence-corrected chi connectivity index (χ0v) is 19.2. The smallest absolute Gasteiger partial charge is 0.331 e. The summed E-state index contributed by atoms with van der Waals surface area (Å²) in [5.41, 5.74) is 3.28. The highest BCUT2D eigenvalue weighted by Crippen LogP contribution is 2.29. The predicted octanol–water partition coefficient (Wildman–Crippen LogP) is 5.05. The molecule has 3 aromatic rings. The van der Waals surface area contributed by atoms with Gasteiger partial charge in [-0.15, -0.1) is 11.3 Å². The fourth-order valence-electron chi connectivity index (χ4n) is 2.92. The first-order valence-corrected chi connectivity index (χ1v) is 11.2. The molecule has 0 spiro atoms. The number of aromatic nitrogens is 1. The molecule has 0 fully saturated rings. The first-order chi connectivity index (χ1) is 16.0. The van der Waals surface area contributed by atoms with E-state index >= 15 is 0 Å². The van der Waals surface area contributed by atoms with Gasteiger partial charge in [0.05, 0.1) is 11.4 Å². The lowest BCUT2D eigenvalue weighted by molar-refractivity contribution is -0.139. The maximum Gasteiger partial charge on any atom is 0.331 e. The van der Waals surface area contributed by atoms with Crippen molar-refractivity contribution in [1.29, 1.82) is 5.26 Å². The van der Waals surface area contributed by atoms with Gasteiger partial charge in [-0.25, -0.2) is 9.78 Å². The van der Waals surface area contributed by atoms with E-state index in [-0.39, 0.29) is 19.1 Å². The van der Waals surface area contributed by atoms with Crippen molar-refractivity contribution in [3.63, 3.8) is 0 Å². The Labute approximate surface area is 196 Å². The minimum absolute atomic E-state index is 0.00112. The van der Waals surface area contributed by atoms with Crippen LogP contribution in [0, 0.1) is 11.3 Å². The van der Waals surface area contributed by atoms with E-state index in [0.717, 1.165) is 17.7 Å². The van der Waals surface area contributed by atoms with Crippen molar-refractivity contribution >= 4 is 40.1 Å². The summed E-state index contributed by atoms with van der Waals surface area (Å²) in [5, 5.41) is 10.8. The Bertz CT molecular complexity index is 1160. The number of hydrogen-bond acceptors (Lipinski definition) is 7. The molecule has 1 aromatic heterocycles. The average Bonchev–Trinajstić information content (AvgIpc) is 3.29. The number of hydrogen-bond donors (Lipinski definition) is 0. The maximum absolute atomic E-state index is 12.2. The van der Waals surface area contributed by atoms with E-state index in [9.17, 15) is 9.59 Å². The second-order valence-corrected chi connectivity index (χ2v) is 7.79. The number of nitrogens with zero attached hydrogens (tertiary/aromatic N) is 3. The number of anilines is 2. The van der Waals surface area contributed by atoms with Gasteiger partial charge in [0.2, 0.25) is 5.91 Å². The van der Waals surface area contributed by atoms with Crippen molar-refractivity contribution in [3.05, 3.63) is 76.8 Å². The summed E-state index contributed by atoms with van der Waals surface area (Å²) < 4.78 is 10.5. The highest BCUT2D eigenvalue weighted by molar-refractivity contribution is 7.14. The Morgan fingerprint density at radius 3 is 2.52 bits per heavy atom. The van der Waals surface area contributed by atoms with E-state index in [1.807, 2.05) is 30.3 Å². The molecule has 168 valence electrons. The number of amides is 1. The van der Waals surface area contributed by atoms with Crippen molar-refractivity contribution < 1.29 is 19.1 Å². The quantitative estimate of drug-likeness (QED) is 0.327. The number of aryl methyl sites for hydroxylation is 1. The van der Waals surface area contributed by atoms with Crippen LogP contribution in [0.3, 0.4) is 0 Å². The summed E-state index contributed by atoms with van der Waals surface area (Å²) in [6, 6.07) is 16.6. The minimum atomic E-state index is -0.507. The SMILES string of the molecule is CCc1ccc(N(C(C)=O)c2nc(COC(=O)/C=C/c3ccc(OCC#N)cc3)cs2)cc1. The predicted molar refractivity (Wildman–Crippen MR) is 127 cm³/mol. The summed E-state index contributed by atoms with van der Waals surface area (Å²) >= 11 is 1.31. The Morgan fingerprint density at radius 1 is 1.15 bits per heavy atom. The lowest BCUT2D eigenvalue weighted by Gasteiger charge is -2.18. The van der Waals surface area contributed by atoms with Gasteiger partial charge in [-0.05, 0) is 47.9 Å². The molecule has 3 rings (SSSR count). The van der Waals surface area contributed by atoms with Gasteiger partial charge in [0, 0.05) is 18.4 Å². The van der Waals surface area contributed by atoms with Crippen LogP contribution in [-0.2, 0) is 27.4 Å². The molecule has 0 saturated heterocycles. The zero-order chi connectivity index (χ0) is 23.6. The summed E-state index contributed by atoms with van der Waals surface area (Å²) in [6.07, 6.45) is 3.87. The molecule has 0 aliphatic heterocycles. The van der Waals surface area contributed by atoms with Crippen LogP contribution in [0.25, 0.3) is 6.08 Å². The van der Waals surface area contributed by atoms with Crippen molar-refractivity contribution in [2.24, 2.45) is 0 Å². The number of carbonyl (C=O) groups is 2. The summed E-state index contributed by atoms with van der Waals surface area (Å²) in [6.45, 7) is 3.54. The highest BCUT2D eigenvalue weighted by atomic mass is 32.1. The van der Waals surface area contributed by atoms with Crippen LogP contribution in [0.15, 0.2) is 60.0 Å². The molecule has 0 aliphatic rings. The van der Waals surface area contributed by atoms with E-state index in [1.165, 1.54) is 29.9 Å². The van der Waals surface area contributed by atoms with E-state index in [2.05, 4.69) is 11.9 Å². The van der Waals surface area contributed by atoms with Crippen LogP contribution in [0.2, 0.25) is 0 Å². The highest BCUT2D eigenvalue weighted by Gasteiger charge is 2.18. The van der Waals surface area contributed by atoms with Gasteiger partial charge >= 0.3 is 5.97 Å². The second kappa shape index (κ2) is 11.6. The number of thiazole rings is 1. The maximum atomic E-state index is 12.2. The van der Waals surface area contributed by atoms with Crippen LogP contribution in [-0.4, -0.2) is 23.5 Å². The van der Waals surface area contributed by atoms with Crippen LogP contribution in [0.1, 0.15) is 30.7 Å². The fourth-order valence-corrected chi connectivity index (χ4v) is 3.79. The number of ether oxygens (including phenoxy) is 2. The van der Waals surface area contributed by atoms with Gasteiger partial charge in [-0.1, -0.05) is 31.2 Å². The van der Waals surface area contributed by atoms with E-state index in [4.69, 9.17) is 14.7 Å². The first kappa shape index (κ1) is 23.7. The Kier molecular flexibility index (Phi) is 8.33. The molecule has 33 heavy (non-hydrogen) atoms. The third kappa shape index (κ3) is 6.76. The molecular formula is C25H23N3O4S. The van der Waals surface area contributed by atoms with Crippen LogP contribution in [0.4, 0.5) is 10.8 Å². The molecule has 7 nitrogen and oxygen atoms in total. The van der Waals surface area contributed by atoms with Gasteiger partial charge < -0.3 is 9.47 Å². The monoisotopic (exact) mass is 461 g/mol. The topological polar surface area (TPSA) is 92.5 Å². The molecular weight excluding hydrogens is 438 g/mol. The molecule has 2 aromatic carbocycles. The molecule has 0 radical (unpaired) electrons. The lowest BCUT2D eigenvalue weighted by atomic mass is 10.1. The molecule has 0 atom stereocenters. The number of nitriles is 1. The normalized spacial score (nSPS) is 10.6. The molecule has 0 saturated carbocycles. The van der Waals surface area contributed by atoms with Gasteiger partial charge in [-0.2, -0.15) is 5.26 Å². The molecule has 1 heterocycles. The van der Waals surface area contributed by atoms with Crippen LogP contribution >= 0.6 is 11.3 Å². The molecule has 0 aliphatic carbocycles. The van der Waals surface area contributed by atoms with Crippen LogP contribution in [0.5, 0.6) is 5.75 Å². The van der Waals surface area contributed by atoms with Gasteiger partial charge in [0.1, 0.15) is 18.4 Å². The van der Waals surface area contributed by atoms with E-state index < -0.39 is 5.97 Å². The Balaban J connectivity index is 1.58. The molecule has 0 unspecified atom stereocenters. The van der Waals surface area contributed by atoms with E-state index in [0.29, 0.717) is 16.6 Å². The number of benzene rings is 2. The van der Waals surface area contributed by atoms with Crippen LogP contribution < -0.4 is 9.64 Å². The standard InChI is InChI=1S/C25H23N3O4S/c1-3-19-4-9-22(10-5-19)28(18(2)29)25-27-21(17-33-25)16-32-24(30)13-8-20-6-11-23(12-7-20)31-15-14-26/h4-13,17H,3,15-16H2,1-2H3/b13-8+. The second-order valence-electron chi connectivity index (χ2n) is 6.95. The third-order valence-corrected chi connectivity index (χ3v) is 5.48. The molecule has 1 amide bonds. The first-order valence-electron chi connectivity index (χ1n) is 10.3. The Hall–Kier alpha value is -3.96. The summed E-state index contributed by atoms with van der Waals surface area (Å²) in [5.74, 6) is -0.0754. The number of rotatable bonds is 9. The van der Waals surface area contributed by atoms with Crippen molar-refractivity contribution in [1.82, 2.24) is 4.98 Å². The van der Waals surface area contributed by atoms with Crippen molar-refractivity contribution in [2.45, 2.75) is 26.9 Å². The summed E-state index contributed by atoms with van der Waals surface area (Å²) in [7, 11) is 0. The number of carbonyl (C=O) groups excluding carboxylic acids is 2. The Morgan fingerprint density at radius 2 is 1.88 bits per heavy atom. The molecule has 0 N–H and O–H groups in total.